The third-order valence-corrected chi connectivity index (χ3v) is 4.62. The largest absolute Gasteiger partial charge is 0.388 e. The van der Waals surface area contributed by atoms with Crippen molar-refractivity contribution >= 4 is 28.2 Å². The highest BCUT2D eigenvalue weighted by atomic mass is 32.1. The number of hydrogen-bond donors (Lipinski definition) is 3. The van der Waals surface area contributed by atoms with Gasteiger partial charge >= 0.3 is 6.03 Å². The van der Waals surface area contributed by atoms with E-state index in [1.165, 1.54) is 11.3 Å². The van der Waals surface area contributed by atoms with E-state index in [-0.39, 0.29) is 6.03 Å². The van der Waals surface area contributed by atoms with Crippen molar-refractivity contribution in [3.8, 4) is 11.3 Å². The molecule has 2 aromatic carbocycles. The van der Waals surface area contributed by atoms with Gasteiger partial charge in [0, 0.05) is 29.7 Å². The van der Waals surface area contributed by atoms with Gasteiger partial charge in [-0.25, -0.2) is 9.78 Å². The number of nitrogens with zero attached hydrogens (tertiary/aromatic N) is 1. The summed E-state index contributed by atoms with van der Waals surface area (Å²) in [6.07, 6.45) is 0. The molecular weight excluding hydrogens is 332 g/mol. The summed E-state index contributed by atoms with van der Waals surface area (Å²) in [6, 6.07) is 17.6. The summed E-state index contributed by atoms with van der Waals surface area (Å²) in [7, 11) is 1.89. The van der Waals surface area contributed by atoms with Crippen LogP contribution in [0.5, 0.6) is 0 Å². The first-order valence-corrected chi connectivity index (χ1v) is 8.82. The van der Waals surface area contributed by atoms with E-state index in [4.69, 9.17) is 0 Å². The van der Waals surface area contributed by atoms with Gasteiger partial charge in [-0.2, -0.15) is 0 Å². The van der Waals surface area contributed by atoms with Crippen LogP contribution in [0, 0.1) is 6.92 Å². The van der Waals surface area contributed by atoms with Gasteiger partial charge in [0.15, 0.2) is 5.13 Å². The number of rotatable bonds is 5. The van der Waals surface area contributed by atoms with E-state index in [9.17, 15) is 4.79 Å². The standard InChI is InChI=1S/C19H20N4OS/c1-13-17(15-9-6-10-16(11-15)20-2)22-19(25-13)23-18(24)21-12-14-7-4-3-5-8-14/h3-11,20H,12H2,1-2H3,(H2,21,22,23,24). The molecule has 6 heteroatoms. The predicted molar refractivity (Wildman–Crippen MR) is 104 cm³/mol. The maximum atomic E-state index is 12.1. The van der Waals surface area contributed by atoms with Crippen molar-refractivity contribution in [1.82, 2.24) is 10.3 Å². The van der Waals surface area contributed by atoms with E-state index in [2.05, 4.69) is 20.9 Å². The summed E-state index contributed by atoms with van der Waals surface area (Å²) in [5.74, 6) is 0. The van der Waals surface area contributed by atoms with Crippen molar-refractivity contribution in [2.45, 2.75) is 13.5 Å². The second-order valence-electron chi connectivity index (χ2n) is 5.55. The lowest BCUT2D eigenvalue weighted by Gasteiger charge is -2.05. The first kappa shape index (κ1) is 17.0. The third kappa shape index (κ3) is 4.36. The fourth-order valence-electron chi connectivity index (χ4n) is 2.46. The number of amides is 2. The first-order chi connectivity index (χ1) is 12.2. The maximum Gasteiger partial charge on any atom is 0.321 e. The highest BCUT2D eigenvalue weighted by Gasteiger charge is 2.12. The Morgan fingerprint density at radius 3 is 2.68 bits per heavy atom. The van der Waals surface area contributed by atoms with Crippen molar-refractivity contribution in [2.75, 3.05) is 17.7 Å². The lowest BCUT2D eigenvalue weighted by molar-refractivity contribution is 0.251. The normalized spacial score (nSPS) is 10.3. The summed E-state index contributed by atoms with van der Waals surface area (Å²) < 4.78 is 0. The summed E-state index contributed by atoms with van der Waals surface area (Å²) in [5, 5.41) is 9.37. The van der Waals surface area contributed by atoms with Crippen LogP contribution in [0.25, 0.3) is 11.3 Å². The van der Waals surface area contributed by atoms with Gasteiger partial charge in [-0.15, -0.1) is 11.3 Å². The topological polar surface area (TPSA) is 66.0 Å². The Bertz CT molecular complexity index is 861. The molecule has 25 heavy (non-hydrogen) atoms. The number of benzene rings is 2. The molecule has 1 aromatic heterocycles. The molecule has 0 fully saturated rings. The zero-order valence-electron chi connectivity index (χ0n) is 14.2. The third-order valence-electron chi connectivity index (χ3n) is 3.74. The molecule has 3 rings (SSSR count). The van der Waals surface area contributed by atoms with Gasteiger partial charge in [0.25, 0.3) is 0 Å². The number of aromatic nitrogens is 1. The molecule has 2 amide bonds. The molecule has 1 heterocycles. The van der Waals surface area contributed by atoms with E-state index in [0.717, 1.165) is 27.4 Å². The second-order valence-corrected chi connectivity index (χ2v) is 6.75. The SMILES string of the molecule is CNc1cccc(-c2nc(NC(=O)NCc3ccccc3)sc2C)c1. The van der Waals surface area contributed by atoms with Gasteiger partial charge in [0.1, 0.15) is 0 Å². The van der Waals surface area contributed by atoms with Gasteiger partial charge in [-0.3, -0.25) is 5.32 Å². The Morgan fingerprint density at radius 1 is 1.12 bits per heavy atom. The molecule has 0 spiro atoms. The molecule has 0 saturated heterocycles. The van der Waals surface area contributed by atoms with Gasteiger partial charge in [-0.05, 0) is 24.6 Å². The molecule has 3 N–H and O–H groups in total. The Balaban J connectivity index is 1.66. The van der Waals surface area contributed by atoms with Crippen LogP contribution in [0.15, 0.2) is 54.6 Å². The van der Waals surface area contributed by atoms with Crippen LogP contribution in [0.4, 0.5) is 15.6 Å². The Hall–Kier alpha value is -2.86. The Kier molecular flexibility index (Phi) is 5.30. The number of thiazole rings is 1. The molecule has 0 aliphatic rings. The van der Waals surface area contributed by atoms with Crippen molar-refractivity contribution in [3.63, 3.8) is 0 Å². The van der Waals surface area contributed by atoms with Gasteiger partial charge < -0.3 is 10.6 Å². The van der Waals surface area contributed by atoms with E-state index in [1.807, 2.05) is 68.6 Å². The Labute approximate surface area is 151 Å². The summed E-state index contributed by atoms with van der Waals surface area (Å²) in [5.41, 5.74) is 4.00. The van der Waals surface area contributed by atoms with E-state index in [1.54, 1.807) is 0 Å². The molecule has 0 unspecified atom stereocenters. The fraction of sp³-hybridized carbons (Fsp3) is 0.158. The van der Waals surface area contributed by atoms with Crippen LogP contribution in [0.2, 0.25) is 0 Å². The average Bonchev–Trinajstić information content (AvgIpc) is 3.01. The van der Waals surface area contributed by atoms with Gasteiger partial charge in [0.2, 0.25) is 0 Å². The average molecular weight is 352 g/mol. The van der Waals surface area contributed by atoms with Crippen molar-refractivity contribution in [1.29, 1.82) is 0 Å². The predicted octanol–water partition coefficient (Wildman–Crippen LogP) is 4.48. The number of carbonyl (C=O) groups excluding carboxylic acids is 1. The zero-order chi connectivity index (χ0) is 17.6. The molecule has 5 nitrogen and oxygen atoms in total. The molecule has 0 aliphatic carbocycles. The minimum Gasteiger partial charge on any atom is -0.388 e. The summed E-state index contributed by atoms with van der Waals surface area (Å²) in [4.78, 5) is 17.7. The number of hydrogen-bond acceptors (Lipinski definition) is 4. The summed E-state index contributed by atoms with van der Waals surface area (Å²) in [6.45, 7) is 2.49. The number of aryl methyl sites for hydroxylation is 1. The second kappa shape index (κ2) is 7.81. The van der Waals surface area contributed by atoms with E-state index < -0.39 is 0 Å². The quantitative estimate of drug-likeness (QED) is 0.634. The highest BCUT2D eigenvalue weighted by Crippen LogP contribution is 2.31. The first-order valence-electron chi connectivity index (χ1n) is 8.00. The lowest BCUT2D eigenvalue weighted by Crippen LogP contribution is -2.28. The van der Waals surface area contributed by atoms with Crippen molar-refractivity contribution in [2.24, 2.45) is 0 Å². The molecule has 0 atom stereocenters. The molecule has 0 aliphatic heterocycles. The fourth-order valence-corrected chi connectivity index (χ4v) is 3.29. The van der Waals surface area contributed by atoms with E-state index >= 15 is 0 Å². The summed E-state index contributed by atoms with van der Waals surface area (Å²) >= 11 is 1.47. The molecular formula is C19H20N4OS. The number of carbonyl (C=O) groups is 1. The van der Waals surface area contributed by atoms with E-state index in [0.29, 0.717) is 11.7 Å². The van der Waals surface area contributed by atoms with Crippen LogP contribution in [-0.2, 0) is 6.54 Å². The number of anilines is 2. The molecule has 3 aromatic rings. The van der Waals surface area contributed by atoms with Crippen LogP contribution < -0.4 is 16.0 Å². The van der Waals surface area contributed by atoms with Gasteiger partial charge in [0.05, 0.1) is 5.69 Å². The van der Waals surface area contributed by atoms with Crippen molar-refractivity contribution in [3.05, 3.63) is 65.0 Å². The van der Waals surface area contributed by atoms with Crippen LogP contribution in [-0.4, -0.2) is 18.1 Å². The zero-order valence-corrected chi connectivity index (χ0v) is 15.0. The van der Waals surface area contributed by atoms with Crippen molar-refractivity contribution < 1.29 is 4.79 Å². The van der Waals surface area contributed by atoms with Crippen LogP contribution in [0.1, 0.15) is 10.4 Å². The van der Waals surface area contributed by atoms with Crippen LogP contribution >= 0.6 is 11.3 Å². The minimum atomic E-state index is -0.256. The molecule has 0 saturated carbocycles. The minimum absolute atomic E-state index is 0.256. The Morgan fingerprint density at radius 2 is 1.92 bits per heavy atom. The molecule has 0 radical (unpaired) electrons. The molecule has 0 bridgehead atoms. The number of urea groups is 1. The maximum absolute atomic E-state index is 12.1. The smallest absolute Gasteiger partial charge is 0.321 e. The lowest BCUT2D eigenvalue weighted by atomic mass is 10.1. The monoisotopic (exact) mass is 352 g/mol. The highest BCUT2D eigenvalue weighted by molar-refractivity contribution is 7.16. The molecule has 128 valence electrons. The van der Waals surface area contributed by atoms with Crippen LogP contribution in [0.3, 0.4) is 0 Å². The van der Waals surface area contributed by atoms with Gasteiger partial charge in [-0.1, -0.05) is 42.5 Å². The number of nitrogens with one attached hydrogen (secondary N) is 3.